The molecule has 0 bridgehead atoms. The quantitative estimate of drug-likeness (QED) is 0.942. The van der Waals surface area contributed by atoms with Crippen molar-refractivity contribution in [2.24, 2.45) is 0 Å². The standard InChI is InChI=1S/C12H12BrN3O/c1-17-12-6-11(15-8-16-12)14-7-9-3-2-4-10(13)5-9/h2-6,8H,7H2,1H3,(H,14,15,16). The molecule has 0 aliphatic rings. The van der Waals surface area contributed by atoms with Crippen LogP contribution in [0.2, 0.25) is 0 Å². The minimum Gasteiger partial charge on any atom is -0.481 e. The molecule has 0 radical (unpaired) electrons. The predicted octanol–water partition coefficient (Wildman–Crippen LogP) is 2.86. The fourth-order valence-corrected chi connectivity index (χ4v) is 1.83. The number of ether oxygens (including phenoxy) is 1. The Morgan fingerprint density at radius 3 is 2.94 bits per heavy atom. The summed E-state index contributed by atoms with van der Waals surface area (Å²) >= 11 is 3.44. The molecule has 0 fully saturated rings. The highest BCUT2D eigenvalue weighted by molar-refractivity contribution is 9.10. The summed E-state index contributed by atoms with van der Waals surface area (Å²) in [5.41, 5.74) is 1.18. The van der Waals surface area contributed by atoms with E-state index in [1.54, 1.807) is 13.2 Å². The van der Waals surface area contributed by atoms with Gasteiger partial charge < -0.3 is 10.1 Å². The second-order valence-corrected chi connectivity index (χ2v) is 4.34. The lowest BCUT2D eigenvalue weighted by Crippen LogP contribution is -2.02. The van der Waals surface area contributed by atoms with Crippen molar-refractivity contribution >= 4 is 21.7 Å². The number of anilines is 1. The fourth-order valence-electron chi connectivity index (χ4n) is 1.39. The van der Waals surface area contributed by atoms with Crippen molar-refractivity contribution in [1.82, 2.24) is 9.97 Å². The highest BCUT2D eigenvalue weighted by atomic mass is 79.9. The molecule has 2 rings (SSSR count). The molecule has 0 saturated heterocycles. The molecular formula is C12H12BrN3O. The van der Waals surface area contributed by atoms with E-state index >= 15 is 0 Å². The van der Waals surface area contributed by atoms with Crippen LogP contribution < -0.4 is 10.1 Å². The van der Waals surface area contributed by atoms with Gasteiger partial charge in [-0.2, -0.15) is 0 Å². The van der Waals surface area contributed by atoms with Crippen molar-refractivity contribution in [3.63, 3.8) is 0 Å². The van der Waals surface area contributed by atoms with Crippen LogP contribution in [0.5, 0.6) is 5.88 Å². The van der Waals surface area contributed by atoms with Crippen molar-refractivity contribution in [1.29, 1.82) is 0 Å². The zero-order valence-corrected chi connectivity index (χ0v) is 10.9. The van der Waals surface area contributed by atoms with Gasteiger partial charge in [0.2, 0.25) is 5.88 Å². The molecule has 0 unspecified atom stereocenters. The number of methoxy groups -OCH3 is 1. The Morgan fingerprint density at radius 1 is 1.29 bits per heavy atom. The maximum atomic E-state index is 5.03. The van der Waals surface area contributed by atoms with E-state index in [-0.39, 0.29) is 0 Å². The third kappa shape index (κ3) is 3.42. The Morgan fingerprint density at radius 2 is 2.18 bits per heavy atom. The predicted molar refractivity (Wildman–Crippen MR) is 70.1 cm³/mol. The molecule has 5 heteroatoms. The van der Waals surface area contributed by atoms with Gasteiger partial charge in [0, 0.05) is 17.1 Å². The first kappa shape index (κ1) is 11.9. The third-order valence-electron chi connectivity index (χ3n) is 2.21. The van der Waals surface area contributed by atoms with Crippen LogP contribution in [0.3, 0.4) is 0 Å². The number of benzene rings is 1. The molecular weight excluding hydrogens is 282 g/mol. The lowest BCUT2D eigenvalue weighted by molar-refractivity contribution is 0.397. The Hall–Kier alpha value is -1.62. The number of nitrogens with zero attached hydrogens (tertiary/aromatic N) is 2. The monoisotopic (exact) mass is 293 g/mol. The van der Waals surface area contributed by atoms with Crippen LogP contribution >= 0.6 is 15.9 Å². The maximum Gasteiger partial charge on any atom is 0.218 e. The summed E-state index contributed by atoms with van der Waals surface area (Å²) in [5, 5.41) is 3.21. The minimum absolute atomic E-state index is 0.553. The van der Waals surface area contributed by atoms with Crippen LogP contribution in [0.4, 0.5) is 5.82 Å². The summed E-state index contributed by atoms with van der Waals surface area (Å²) < 4.78 is 6.09. The lowest BCUT2D eigenvalue weighted by atomic mass is 10.2. The molecule has 1 heterocycles. The van der Waals surface area contributed by atoms with Crippen LogP contribution in [-0.4, -0.2) is 17.1 Å². The molecule has 0 atom stereocenters. The molecule has 2 aromatic rings. The molecule has 0 spiro atoms. The molecule has 0 amide bonds. The fraction of sp³-hybridized carbons (Fsp3) is 0.167. The molecule has 1 N–H and O–H groups in total. The molecule has 0 saturated carbocycles. The van der Waals surface area contributed by atoms with E-state index in [1.807, 2.05) is 12.1 Å². The average Bonchev–Trinajstić information content (AvgIpc) is 2.37. The van der Waals surface area contributed by atoms with Crippen LogP contribution in [0.15, 0.2) is 41.1 Å². The summed E-state index contributed by atoms with van der Waals surface area (Å²) in [4.78, 5) is 8.06. The van der Waals surface area contributed by atoms with Gasteiger partial charge in [-0.1, -0.05) is 28.1 Å². The molecule has 4 nitrogen and oxygen atoms in total. The zero-order chi connectivity index (χ0) is 12.1. The topological polar surface area (TPSA) is 47.0 Å². The first-order valence-corrected chi connectivity index (χ1v) is 5.91. The van der Waals surface area contributed by atoms with Crippen molar-refractivity contribution in [3.8, 4) is 5.88 Å². The summed E-state index contributed by atoms with van der Waals surface area (Å²) in [6, 6.07) is 9.87. The second kappa shape index (κ2) is 5.63. The van der Waals surface area contributed by atoms with Gasteiger partial charge in [-0.25, -0.2) is 9.97 Å². The van der Waals surface area contributed by atoms with E-state index in [9.17, 15) is 0 Å². The molecule has 1 aromatic carbocycles. The largest absolute Gasteiger partial charge is 0.481 e. The van der Waals surface area contributed by atoms with E-state index in [0.717, 1.165) is 10.3 Å². The van der Waals surface area contributed by atoms with Gasteiger partial charge in [0.05, 0.1) is 7.11 Å². The first-order chi connectivity index (χ1) is 8.28. The number of nitrogens with one attached hydrogen (secondary N) is 1. The second-order valence-electron chi connectivity index (χ2n) is 3.43. The summed E-state index contributed by atoms with van der Waals surface area (Å²) in [6.07, 6.45) is 1.47. The van der Waals surface area contributed by atoms with Crippen LogP contribution in [-0.2, 0) is 6.54 Å². The number of aromatic nitrogens is 2. The zero-order valence-electron chi connectivity index (χ0n) is 9.35. The normalized spacial score (nSPS) is 10.0. The van der Waals surface area contributed by atoms with Gasteiger partial charge in [-0.3, -0.25) is 0 Å². The van der Waals surface area contributed by atoms with Crippen molar-refractivity contribution < 1.29 is 4.74 Å². The summed E-state index contributed by atoms with van der Waals surface area (Å²) in [5.74, 6) is 1.30. The smallest absolute Gasteiger partial charge is 0.218 e. The highest BCUT2D eigenvalue weighted by Crippen LogP contribution is 2.14. The van der Waals surface area contributed by atoms with Crippen molar-refractivity contribution in [2.45, 2.75) is 6.54 Å². The summed E-state index contributed by atoms with van der Waals surface area (Å²) in [7, 11) is 1.58. The first-order valence-electron chi connectivity index (χ1n) is 5.12. The number of halogens is 1. The van der Waals surface area contributed by atoms with Gasteiger partial charge in [0.25, 0.3) is 0 Å². The van der Waals surface area contributed by atoms with Gasteiger partial charge >= 0.3 is 0 Å². The Balaban J connectivity index is 2.02. The third-order valence-corrected chi connectivity index (χ3v) is 2.71. The van der Waals surface area contributed by atoms with Crippen LogP contribution in [0.1, 0.15) is 5.56 Å². The number of rotatable bonds is 4. The van der Waals surface area contributed by atoms with E-state index < -0.39 is 0 Å². The lowest BCUT2D eigenvalue weighted by Gasteiger charge is -2.06. The highest BCUT2D eigenvalue weighted by Gasteiger charge is 1.98. The van der Waals surface area contributed by atoms with Crippen molar-refractivity contribution in [3.05, 3.63) is 46.7 Å². The van der Waals surface area contributed by atoms with E-state index in [2.05, 4.69) is 43.3 Å². The molecule has 88 valence electrons. The van der Waals surface area contributed by atoms with E-state index in [4.69, 9.17) is 4.74 Å². The number of hydrogen-bond donors (Lipinski definition) is 1. The van der Waals surface area contributed by atoms with Crippen molar-refractivity contribution in [2.75, 3.05) is 12.4 Å². The summed E-state index contributed by atoms with van der Waals surface area (Å²) in [6.45, 7) is 0.708. The molecule has 0 aliphatic heterocycles. The number of hydrogen-bond acceptors (Lipinski definition) is 4. The average molecular weight is 294 g/mol. The Bertz CT molecular complexity index is 505. The minimum atomic E-state index is 0.553. The van der Waals surface area contributed by atoms with E-state index in [1.165, 1.54) is 11.9 Å². The van der Waals surface area contributed by atoms with Gasteiger partial charge in [0.1, 0.15) is 12.1 Å². The van der Waals surface area contributed by atoms with Crippen LogP contribution in [0.25, 0.3) is 0 Å². The van der Waals surface area contributed by atoms with E-state index in [0.29, 0.717) is 12.4 Å². The van der Waals surface area contributed by atoms with Gasteiger partial charge in [-0.15, -0.1) is 0 Å². The Kier molecular flexibility index (Phi) is 3.93. The Labute approximate surface area is 108 Å². The molecule has 1 aromatic heterocycles. The SMILES string of the molecule is COc1cc(NCc2cccc(Br)c2)ncn1. The van der Waals surface area contributed by atoms with Crippen LogP contribution in [0, 0.1) is 0 Å². The maximum absolute atomic E-state index is 5.03. The molecule has 0 aliphatic carbocycles. The van der Waals surface area contributed by atoms with Gasteiger partial charge in [-0.05, 0) is 17.7 Å². The molecule has 17 heavy (non-hydrogen) atoms. The van der Waals surface area contributed by atoms with Gasteiger partial charge in [0.15, 0.2) is 0 Å².